The minimum Gasteiger partial charge on any atom is -0.497 e. The second-order valence-electron chi connectivity index (χ2n) is 4.11. The first kappa shape index (κ1) is 14.0. The molecule has 0 N–H and O–H groups in total. The zero-order chi connectivity index (χ0) is 13.5. The van der Waals surface area contributed by atoms with Gasteiger partial charge in [0.25, 0.3) is 0 Å². The van der Waals surface area contributed by atoms with Crippen LogP contribution in [0.1, 0.15) is 5.56 Å². The number of ketones is 1. The first-order valence-corrected chi connectivity index (χ1v) is 5.56. The van der Waals surface area contributed by atoms with Crippen LogP contribution in [0, 0.1) is 0 Å². The maximum absolute atomic E-state index is 11.9. The monoisotopic (exact) mass is 247 g/mol. The van der Waals surface area contributed by atoms with E-state index in [4.69, 9.17) is 4.74 Å². The molecule has 0 aliphatic heterocycles. The third kappa shape index (κ3) is 4.05. The Bertz CT molecular complexity index is 447. The number of Topliss-reactive ketones (excluding diaryl/α,β-unsaturated/α-hetero) is 1. The Balaban J connectivity index is 2.76. The van der Waals surface area contributed by atoms with Crippen LogP contribution in [0.25, 0.3) is 0 Å². The van der Waals surface area contributed by atoms with Gasteiger partial charge in [-0.3, -0.25) is 9.59 Å². The van der Waals surface area contributed by atoms with Gasteiger partial charge in [-0.1, -0.05) is 12.1 Å². The summed E-state index contributed by atoms with van der Waals surface area (Å²) in [5.41, 5.74) is 1.03. The maximum Gasteiger partial charge on any atom is 0.171 e. The zero-order valence-electron chi connectivity index (χ0n) is 10.8. The van der Waals surface area contributed by atoms with E-state index in [1.54, 1.807) is 38.2 Å². The van der Waals surface area contributed by atoms with Crippen molar-refractivity contribution in [1.82, 2.24) is 4.90 Å². The van der Waals surface area contributed by atoms with E-state index in [1.807, 2.05) is 12.1 Å². The standard InChI is InChI=1S/C14H17NO3/c1-15(2)9-12(10-16)14(17)8-11-4-6-13(18-3)7-5-11/h4-7,9-10H,8H2,1-3H3. The Hall–Kier alpha value is -2.10. The topological polar surface area (TPSA) is 46.6 Å². The Kier molecular flexibility index (Phi) is 5.11. The Labute approximate surface area is 107 Å². The van der Waals surface area contributed by atoms with Crippen LogP contribution in [-0.4, -0.2) is 38.2 Å². The van der Waals surface area contributed by atoms with E-state index in [2.05, 4.69) is 0 Å². The number of rotatable bonds is 6. The van der Waals surface area contributed by atoms with E-state index >= 15 is 0 Å². The van der Waals surface area contributed by atoms with Crippen LogP contribution >= 0.6 is 0 Å². The van der Waals surface area contributed by atoms with Crippen molar-refractivity contribution in [3.63, 3.8) is 0 Å². The van der Waals surface area contributed by atoms with Gasteiger partial charge in [-0.15, -0.1) is 0 Å². The number of hydrogen-bond donors (Lipinski definition) is 0. The lowest BCUT2D eigenvalue weighted by Crippen LogP contribution is -2.12. The summed E-state index contributed by atoms with van der Waals surface area (Å²) in [5, 5.41) is 0. The molecule has 0 unspecified atom stereocenters. The number of carbonyl (C=O) groups is 2. The van der Waals surface area contributed by atoms with Crippen molar-refractivity contribution in [1.29, 1.82) is 0 Å². The van der Waals surface area contributed by atoms with Gasteiger partial charge in [0.2, 0.25) is 0 Å². The molecular formula is C14H17NO3. The number of allylic oxidation sites excluding steroid dienone is 1. The molecule has 18 heavy (non-hydrogen) atoms. The first-order valence-electron chi connectivity index (χ1n) is 5.56. The summed E-state index contributed by atoms with van der Waals surface area (Å²) in [7, 11) is 5.12. The Morgan fingerprint density at radius 2 is 1.89 bits per heavy atom. The van der Waals surface area contributed by atoms with Gasteiger partial charge in [-0.05, 0) is 17.7 Å². The van der Waals surface area contributed by atoms with Crippen LogP contribution in [0.15, 0.2) is 36.0 Å². The van der Waals surface area contributed by atoms with E-state index in [0.29, 0.717) is 6.29 Å². The quantitative estimate of drug-likeness (QED) is 0.330. The van der Waals surface area contributed by atoms with Crippen molar-refractivity contribution in [2.24, 2.45) is 0 Å². The van der Waals surface area contributed by atoms with E-state index in [9.17, 15) is 9.59 Å². The molecule has 0 aliphatic carbocycles. The molecule has 4 nitrogen and oxygen atoms in total. The Morgan fingerprint density at radius 3 is 2.33 bits per heavy atom. The van der Waals surface area contributed by atoms with E-state index in [0.717, 1.165) is 11.3 Å². The molecule has 0 amide bonds. The van der Waals surface area contributed by atoms with Gasteiger partial charge in [0.15, 0.2) is 12.1 Å². The van der Waals surface area contributed by atoms with E-state index in [-0.39, 0.29) is 17.8 Å². The number of ether oxygens (including phenoxy) is 1. The molecule has 1 aromatic rings. The second kappa shape index (κ2) is 6.59. The molecule has 0 saturated heterocycles. The fourth-order valence-electron chi connectivity index (χ4n) is 1.48. The largest absolute Gasteiger partial charge is 0.497 e. The van der Waals surface area contributed by atoms with Gasteiger partial charge >= 0.3 is 0 Å². The van der Waals surface area contributed by atoms with Crippen LogP contribution in [-0.2, 0) is 16.0 Å². The molecule has 0 saturated carbocycles. The van der Waals surface area contributed by atoms with Crippen molar-refractivity contribution in [3.8, 4) is 5.75 Å². The smallest absolute Gasteiger partial charge is 0.171 e. The number of aldehydes is 1. The van der Waals surface area contributed by atoms with Gasteiger partial charge in [0, 0.05) is 26.7 Å². The SMILES string of the molecule is COc1ccc(CC(=O)C(C=O)=CN(C)C)cc1. The molecule has 0 aromatic heterocycles. The molecular weight excluding hydrogens is 230 g/mol. The highest BCUT2D eigenvalue weighted by Gasteiger charge is 2.10. The predicted molar refractivity (Wildman–Crippen MR) is 69.5 cm³/mol. The molecule has 0 bridgehead atoms. The molecule has 1 rings (SSSR count). The fraction of sp³-hybridized carbons (Fsp3) is 0.286. The minimum atomic E-state index is -0.191. The third-order valence-corrected chi connectivity index (χ3v) is 2.37. The van der Waals surface area contributed by atoms with Crippen LogP contribution < -0.4 is 4.74 Å². The van der Waals surface area contributed by atoms with Gasteiger partial charge in [-0.25, -0.2) is 0 Å². The summed E-state index contributed by atoms with van der Waals surface area (Å²) in [6.45, 7) is 0. The van der Waals surface area contributed by atoms with Crippen molar-refractivity contribution >= 4 is 12.1 Å². The first-order chi connectivity index (χ1) is 8.56. The molecule has 96 valence electrons. The molecule has 0 radical (unpaired) electrons. The van der Waals surface area contributed by atoms with Crippen LogP contribution in [0.5, 0.6) is 5.75 Å². The van der Waals surface area contributed by atoms with E-state index in [1.165, 1.54) is 6.20 Å². The zero-order valence-corrected chi connectivity index (χ0v) is 10.8. The van der Waals surface area contributed by atoms with Gasteiger partial charge in [0.1, 0.15) is 5.75 Å². The number of methoxy groups -OCH3 is 1. The third-order valence-electron chi connectivity index (χ3n) is 2.37. The summed E-state index contributed by atoms with van der Waals surface area (Å²) < 4.78 is 5.04. The number of hydrogen-bond acceptors (Lipinski definition) is 4. The number of benzene rings is 1. The summed E-state index contributed by atoms with van der Waals surface area (Å²) in [4.78, 5) is 24.4. The summed E-state index contributed by atoms with van der Waals surface area (Å²) in [6, 6.07) is 7.21. The van der Waals surface area contributed by atoms with Crippen molar-refractivity contribution < 1.29 is 14.3 Å². The normalized spacial score (nSPS) is 10.9. The van der Waals surface area contributed by atoms with Crippen LogP contribution in [0.2, 0.25) is 0 Å². The fourth-order valence-corrected chi connectivity index (χ4v) is 1.48. The number of carbonyl (C=O) groups excluding carboxylic acids is 2. The average molecular weight is 247 g/mol. The van der Waals surface area contributed by atoms with E-state index < -0.39 is 0 Å². The van der Waals surface area contributed by atoms with Crippen molar-refractivity contribution in [2.45, 2.75) is 6.42 Å². The van der Waals surface area contributed by atoms with Crippen molar-refractivity contribution in [3.05, 3.63) is 41.6 Å². The molecule has 0 aliphatic rings. The van der Waals surface area contributed by atoms with Gasteiger partial charge in [-0.2, -0.15) is 0 Å². The predicted octanol–water partition coefficient (Wildman–Crippen LogP) is 1.45. The minimum absolute atomic E-state index is 0.177. The summed E-state index contributed by atoms with van der Waals surface area (Å²) in [6.07, 6.45) is 2.33. The lowest BCUT2D eigenvalue weighted by Gasteiger charge is -2.07. The van der Waals surface area contributed by atoms with Crippen LogP contribution in [0.4, 0.5) is 0 Å². The van der Waals surface area contributed by atoms with Gasteiger partial charge < -0.3 is 9.64 Å². The molecule has 0 atom stereocenters. The maximum atomic E-state index is 11.9. The molecule has 0 fully saturated rings. The molecule has 0 spiro atoms. The van der Waals surface area contributed by atoms with Gasteiger partial charge in [0.05, 0.1) is 12.7 Å². The molecule has 0 heterocycles. The van der Waals surface area contributed by atoms with Crippen molar-refractivity contribution in [2.75, 3.05) is 21.2 Å². The summed E-state index contributed by atoms with van der Waals surface area (Å²) >= 11 is 0. The highest BCUT2D eigenvalue weighted by atomic mass is 16.5. The lowest BCUT2D eigenvalue weighted by atomic mass is 10.0. The second-order valence-corrected chi connectivity index (χ2v) is 4.11. The van der Waals surface area contributed by atoms with Crippen LogP contribution in [0.3, 0.4) is 0 Å². The molecule has 1 aromatic carbocycles. The average Bonchev–Trinajstić information content (AvgIpc) is 2.36. The highest BCUT2D eigenvalue weighted by Crippen LogP contribution is 2.12. The highest BCUT2D eigenvalue weighted by molar-refractivity contribution is 6.12. The molecule has 4 heteroatoms. The lowest BCUT2D eigenvalue weighted by molar-refractivity contribution is -0.117. The number of nitrogens with zero attached hydrogens (tertiary/aromatic N) is 1. The Morgan fingerprint density at radius 1 is 1.28 bits per heavy atom. The summed E-state index contributed by atoms with van der Waals surface area (Å²) in [5.74, 6) is 0.550.